The van der Waals surface area contributed by atoms with E-state index >= 15 is 0 Å². The molecule has 0 spiro atoms. The Morgan fingerprint density at radius 2 is 1.14 bits per heavy atom. The summed E-state index contributed by atoms with van der Waals surface area (Å²) in [7, 11) is 0. The molecule has 5 heterocycles. The number of nitrogens with zero attached hydrogens (tertiary/aromatic N) is 4. The number of fused-ring (bicyclic) bond motifs is 14. The molecular formula is C88H74N4O2. The van der Waals surface area contributed by atoms with Gasteiger partial charge in [-0.2, -0.15) is 0 Å². The zero-order valence-corrected chi connectivity index (χ0v) is 52.5. The van der Waals surface area contributed by atoms with Crippen LogP contribution in [0.3, 0.4) is 0 Å². The van der Waals surface area contributed by atoms with Crippen LogP contribution in [0.4, 0.5) is 0 Å². The smallest absolute Gasteiger partial charge is 0.269 e. The van der Waals surface area contributed by atoms with Crippen LogP contribution in [-0.2, 0) is 21.7 Å². The Bertz CT molecular complexity index is 6470. The fourth-order valence-electron chi connectivity index (χ4n) is 13.9. The monoisotopic (exact) mass is 1240 g/mol. The van der Waals surface area contributed by atoms with E-state index < -0.39 is 85.8 Å². The Kier molecular flexibility index (Phi) is 9.02. The van der Waals surface area contributed by atoms with Crippen LogP contribution in [0.2, 0.25) is 0 Å². The second kappa shape index (κ2) is 21.0. The molecule has 0 unspecified atom stereocenters. The molecule has 2 aliphatic rings. The minimum absolute atomic E-state index is 0.146. The van der Waals surface area contributed by atoms with Crippen LogP contribution >= 0.6 is 0 Å². The van der Waals surface area contributed by atoms with Crippen molar-refractivity contribution in [3.8, 4) is 95.5 Å². The Hall–Kier alpha value is -10.6. The van der Waals surface area contributed by atoms with Crippen molar-refractivity contribution in [3.05, 3.63) is 271 Å². The first-order valence-electron chi connectivity index (χ1n) is 41.0. The number of imidazole rings is 1. The van der Waals surface area contributed by atoms with E-state index in [0.29, 0.717) is 72.9 Å². The van der Waals surface area contributed by atoms with Gasteiger partial charge in [0.25, 0.3) is 6.33 Å². The number of hydrogen-bond donors (Lipinski definition) is 0. The van der Waals surface area contributed by atoms with E-state index in [2.05, 4.69) is 107 Å². The summed E-state index contributed by atoms with van der Waals surface area (Å²) in [5.74, 6) is 1.81. The topological polar surface area (TPSA) is 49.0 Å². The molecule has 1 aliphatic heterocycles. The molecule has 1 aliphatic carbocycles. The molecule has 0 fully saturated rings. The van der Waals surface area contributed by atoms with Crippen molar-refractivity contribution in [3.63, 3.8) is 0 Å². The van der Waals surface area contributed by atoms with Gasteiger partial charge in [-0.1, -0.05) is 221 Å². The summed E-state index contributed by atoms with van der Waals surface area (Å²) in [5.41, 5.74) is 1.80. The van der Waals surface area contributed by atoms with E-state index in [1.165, 1.54) is 6.07 Å². The standard InChI is InChI=1S/C88H74N4O2/c1-85(2,3)59-34-29-54(30-35-59)64-25-18-26-71-72-45-55(57-32-39-75-76(48-57)88(9,10)43-42-87(75,7)8)31-37-67(72)65-21-11-12-22-66(65)74-47-58(56-33-40-81-73(46-56)70-24-14-16-28-80(70)94-81)49-79-84(74)91(83(64)71)53-90(79)61-19-17-20-62(51-61)93-63-36-38-69-68-23-13-15-27-77(68)92(78(69)52-63)82-50-60(41-44-89-82)86(4,5)6/h11-41,44-52H,42-43H2,1-10H3/i7D3,8D3,9D3,10D3,32D,39D,42D2,43D2,48D. The van der Waals surface area contributed by atoms with Gasteiger partial charge in [-0.3, -0.25) is 13.7 Å². The van der Waals surface area contributed by atoms with E-state index in [9.17, 15) is 9.60 Å². The van der Waals surface area contributed by atoms with E-state index in [1.807, 2.05) is 161 Å². The maximum absolute atomic E-state index is 10.4. The van der Waals surface area contributed by atoms with Crippen LogP contribution in [0.1, 0.15) is 130 Å². The summed E-state index contributed by atoms with van der Waals surface area (Å²) in [6.45, 7) is -4.04. The third kappa shape index (κ3) is 9.35. The van der Waals surface area contributed by atoms with Gasteiger partial charge >= 0.3 is 0 Å². The van der Waals surface area contributed by atoms with E-state index in [1.54, 1.807) is 12.1 Å². The first-order chi connectivity index (χ1) is 53.1. The number of pyridine rings is 1. The largest absolute Gasteiger partial charge is 0.458 e. The molecule has 0 radical (unpaired) electrons. The minimum Gasteiger partial charge on any atom is -0.458 e. The van der Waals surface area contributed by atoms with Crippen molar-refractivity contribution in [1.82, 2.24) is 14.1 Å². The number of ether oxygens (including phenoxy) is 1. The average Bonchev–Trinajstić information content (AvgIpc) is 1.19. The molecule has 94 heavy (non-hydrogen) atoms. The predicted molar refractivity (Wildman–Crippen MR) is 388 cm³/mol. The van der Waals surface area contributed by atoms with Crippen molar-refractivity contribution in [2.75, 3.05) is 0 Å². The lowest BCUT2D eigenvalue weighted by Crippen LogP contribution is -2.33. The highest BCUT2D eigenvalue weighted by molar-refractivity contribution is 6.10. The zero-order chi connectivity index (χ0) is 80.4. The highest BCUT2D eigenvalue weighted by Crippen LogP contribution is 2.51. The number of hydrogen-bond acceptors (Lipinski definition) is 3. The summed E-state index contributed by atoms with van der Waals surface area (Å²) in [6, 6.07) is 67.2. The molecule has 17 rings (SSSR count). The molecule has 458 valence electrons. The van der Waals surface area contributed by atoms with E-state index in [-0.39, 0.29) is 16.4 Å². The number of para-hydroxylation sites is 3. The number of rotatable bonds is 7. The van der Waals surface area contributed by atoms with Crippen LogP contribution < -0.4 is 9.30 Å². The molecule has 0 N–H and O–H groups in total. The zero-order valence-electron chi connectivity index (χ0n) is 71.5. The van der Waals surface area contributed by atoms with Gasteiger partial charge in [-0.25, -0.2) is 4.98 Å². The summed E-state index contributed by atoms with van der Waals surface area (Å²) in [5, 5.41) is 3.89. The molecule has 6 heteroatoms. The molecule has 4 aromatic heterocycles. The van der Waals surface area contributed by atoms with Gasteiger partial charge in [-0.05, 0) is 202 Å². The molecular weight excluding hydrogens is 1140 g/mol. The lowest BCUT2D eigenvalue weighted by molar-refractivity contribution is -0.570. The number of aromatic nitrogens is 4. The van der Waals surface area contributed by atoms with Gasteiger partial charge in [0.2, 0.25) is 0 Å². The first-order valence-corrected chi connectivity index (χ1v) is 31.5. The second-order valence-electron chi connectivity index (χ2n) is 26.8. The highest BCUT2D eigenvalue weighted by Gasteiger charge is 2.37. The van der Waals surface area contributed by atoms with Gasteiger partial charge < -0.3 is 9.15 Å². The van der Waals surface area contributed by atoms with Crippen molar-refractivity contribution < 1.29 is 39.8 Å². The first kappa shape index (κ1) is 40.4. The van der Waals surface area contributed by atoms with Gasteiger partial charge in [0.1, 0.15) is 28.5 Å². The fourth-order valence-corrected chi connectivity index (χ4v) is 13.9. The Balaban J connectivity index is 0.952. The maximum Gasteiger partial charge on any atom is 0.269 e. The van der Waals surface area contributed by atoms with Crippen molar-refractivity contribution >= 4 is 54.8 Å². The summed E-state index contributed by atoms with van der Waals surface area (Å²) < 4.78 is 196. The SMILES string of the molecule is [2H]c1c([2H])c2c(c([2H])c1-c1ccc3c(c1)-c1cccc(-c4ccc(C(C)(C)C)cc4)c1-[n+]1[c-]n(-c4cccc(Oc5ccc6c7ccccc7n(-c7cc(C(C)(C)C)ccn7)c6c5)c4)c4cc(-c5ccc6oc7ccccc7c6c5)cc(c41)-c1ccccc1-3)C(C([2H])([2H])[2H])(C([2H])([2H])[2H])C([2H])([2H])C([2H])([2H])C2(C([2H])([2H])[2H])C([2H])([2H])[2H]. The lowest BCUT2D eigenvalue weighted by atomic mass is 9.63. The Labute approximate surface area is 576 Å². The normalized spacial score (nSPS) is 18.7. The molecule has 0 amide bonds. The lowest BCUT2D eigenvalue weighted by Gasteiger charge is -2.42. The molecule has 0 saturated carbocycles. The second-order valence-corrected chi connectivity index (χ2v) is 26.8. The predicted octanol–water partition coefficient (Wildman–Crippen LogP) is 23.2. The average molecular weight is 1240 g/mol. The van der Waals surface area contributed by atoms with Gasteiger partial charge in [0.05, 0.1) is 37.6 Å². The number of furan rings is 1. The maximum atomic E-state index is 10.4. The van der Waals surface area contributed by atoms with Crippen LogP contribution in [0.25, 0.3) is 139 Å². The van der Waals surface area contributed by atoms with Gasteiger partial charge in [-0.15, -0.1) is 0 Å². The fraction of sp³-hybridized carbons (Fsp3) is 0.182. The molecule has 11 aromatic carbocycles. The van der Waals surface area contributed by atoms with Gasteiger partial charge in [0.15, 0.2) is 0 Å². The Morgan fingerprint density at radius 3 is 1.95 bits per heavy atom. The molecule has 6 nitrogen and oxygen atoms in total. The van der Waals surface area contributed by atoms with Crippen LogP contribution in [0.15, 0.2) is 247 Å². The molecule has 0 saturated heterocycles. The molecule has 0 bridgehead atoms. The summed E-state index contributed by atoms with van der Waals surface area (Å²) >= 11 is 0. The highest BCUT2D eigenvalue weighted by atomic mass is 16.5. The summed E-state index contributed by atoms with van der Waals surface area (Å²) in [4.78, 5) is 4.93. The number of benzene rings is 11. The van der Waals surface area contributed by atoms with Crippen molar-refractivity contribution in [1.29, 1.82) is 0 Å². The van der Waals surface area contributed by atoms with E-state index in [0.717, 1.165) is 77.4 Å². The van der Waals surface area contributed by atoms with Crippen molar-refractivity contribution in [2.24, 2.45) is 0 Å². The summed E-state index contributed by atoms with van der Waals surface area (Å²) in [6.07, 6.45) is -3.27. The van der Waals surface area contributed by atoms with Crippen LogP contribution in [0, 0.1) is 6.33 Å². The Morgan fingerprint density at radius 1 is 0.489 bits per heavy atom. The third-order valence-electron chi connectivity index (χ3n) is 18.7. The van der Waals surface area contributed by atoms with Crippen LogP contribution in [0.5, 0.6) is 11.5 Å². The van der Waals surface area contributed by atoms with E-state index in [4.69, 9.17) is 30.6 Å². The van der Waals surface area contributed by atoms with Gasteiger partial charge in [0, 0.05) is 55.7 Å². The van der Waals surface area contributed by atoms with Crippen LogP contribution in [-0.4, -0.2) is 14.1 Å². The third-order valence-corrected chi connectivity index (χ3v) is 18.7. The molecule has 0 atom stereocenters. The van der Waals surface area contributed by atoms with Crippen molar-refractivity contribution in [2.45, 2.75) is 103 Å². The minimum atomic E-state index is -4.51. The quantitative estimate of drug-likeness (QED) is 0.118. The molecule has 15 aromatic rings.